The van der Waals surface area contributed by atoms with Crippen LogP contribution in [-0.4, -0.2) is 4.57 Å². The summed E-state index contributed by atoms with van der Waals surface area (Å²) in [6, 6.07) is 15.5. The predicted octanol–water partition coefficient (Wildman–Crippen LogP) is 5.11. The van der Waals surface area contributed by atoms with Crippen molar-refractivity contribution in [3.63, 3.8) is 0 Å². The van der Waals surface area contributed by atoms with Crippen LogP contribution < -0.4 is 0 Å². The van der Waals surface area contributed by atoms with Crippen LogP contribution in [0.15, 0.2) is 60.9 Å². The Kier molecular flexibility index (Phi) is 4.77. The summed E-state index contributed by atoms with van der Waals surface area (Å²) in [5.41, 5.74) is 3.82. The van der Waals surface area contributed by atoms with Crippen molar-refractivity contribution in [3.8, 4) is 17.5 Å². The third-order valence-electron chi connectivity index (χ3n) is 3.74. The van der Waals surface area contributed by atoms with Crippen LogP contribution in [0, 0.1) is 23.5 Å². The predicted molar refractivity (Wildman–Crippen MR) is 92.1 cm³/mol. The number of hydrogen-bond acceptors (Lipinski definition) is 0. The average Bonchev–Trinajstić information content (AvgIpc) is 2.94. The van der Waals surface area contributed by atoms with E-state index in [-0.39, 0.29) is 0 Å². The Labute approximate surface area is 140 Å². The Balaban J connectivity index is 1.75. The topological polar surface area (TPSA) is 4.93 Å². The van der Waals surface area contributed by atoms with Crippen molar-refractivity contribution in [2.75, 3.05) is 0 Å². The standard InChI is InChI=1S/C21H17F2N/c1-2-3-16-4-6-17(7-5-16)8-9-18-10-12-19(13-11-18)24-14-20(22)21(23)15-24/h4-7,10-15H,2-3H2,1H3. The Morgan fingerprint density at radius 1 is 0.792 bits per heavy atom. The second-order valence-electron chi connectivity index (χ2n) is 5.61. The van der Waals surface area contributed by atoms with E-state index < -0.39 is 11.6 Å². The number of aryl methyl sites for hydroxylation is 1. The molecule has 3 rings (SSSR count). The van der Waals surface area contributed by atoms with Gasteiger partial charge in [-0.2, -0.15) is 0 Å². The summed E-state index contributed by atoms with van der Waals surface area (Å²) in [5, 5.41) is 0. The van der Waals surface area contributed by atoms with E-state index in [1.54, 1.807) is 12.1 Å². The van der Waals surface area contributed by atoms with Crippen molar-refractivity contribution < 1.29 is 8.78 Å². The van der Waals surface area contributed by atoms with Gasteiger partial charge >= 0.3 is 0 Å². The molecule has 0 radical (unpaired) electrons. The maximum Gasteiger partial charge on any atom is 0.176 e. The van der Waals surface area contributed by atoms with Gasteiger partial charge in [0, 0.05) is 29.2 Å². The molecule has 2 aromatic carbocycles. The van der Waals surface area contributed by atoms with Crippen molar-refractivity contribution in [3.05, 3.63) is 89.2 Å². The molecule has 1 aromatic heterocycles. The highest BCUT2D eigenvalue weighted by Gasteiger charge is 2.06. The molecule has 0 spiro atoms. The van der Waals surface area contributed by atoms with E-state index in [1.165, 1.54) is 10.1 Å². The number of aromatic nitrogens is 1. The van der Waals surface area contributed by atoms with Crippen molar-refractivity contribution >= 4 is 0 Å². The number of benzene rings is 2. The molecular weight excluding hydrogens is 304 g/mol. The van der Waals surface area contributed by atoms with Crippen molar-refractivity contribution in [2.24, 2.45) is 0 Å². The third-order valence-corrected chi connectivity index (χ3v) is 3.74. The molecular formula is C21H17F2N. The van der Waals surface area contributed by atoms with E-state index in [2.05, 4.69) is 30.9 Å². The summed E-state index contributed by atoms with van der Waals surface area (Å²) in [4.78, 5) is 0. The SMILES string of the molecule is CCCc1ccc(C#Cc2ccc(-n3cc(F)c(F)c3)cc2)cc1. The van der Waals surface area contributed by atoms with Crippen LogP contribution in [-0.2, 0) is 6.42 Å². The summed E-state index contributed by atoms with van der Waals surface area (Å²) in [5.74, 6) is 4.51. The number of nitrogens with zero attached hydrogens (tertiary/aromatic N) is 1. The molecule has 0 atom stereocenters. The summed E-state index contributed by atoms with van der Waals surface area (Å²) in [7, 11) is 0. The van der Waals surface area contributed by atoms with Gasteiger partial charge < -0.3 is 4.57 Å². The molecule has 24 heavy (non-hydrogen) atoms. The van der Waals surface area contributed by atoms with Crippen LogP contribution >= 0.6 is 0 Å². The quantitative estimate of drug-likeness (QED) is 0.591. The number of rotatable bonds is 3. The molecule has 0 saturated carbocycles. The molecule has 0 N–H and O–H groups in total. The fourth-order valence-electron chi connectivity index (χ4n) is 2.46. The van der Waals surface area contributed by atoms with E-state index in [0.29, 0.717) is 5.69 Å². The van der Waals surface area contributed by atoms with E-state index >= 15 is 0 Å². The normalized spacial score (nSPS) is 10.3. The molecule has 0 unspecified atom stereocenters. The Bertz CT molecular complexity index is 859. The smallest absolute Gasteiger partial charge is 0.176 e. The first-order valence-corrected chi connectivity index (χ1v) is 7.90. The van der Waals surface area contributed by atoms with E-state index in [1.807, 2.05) is 24.3 Å². The largest absolute Gasteiger partial charge is 0.318 e. The van der Waals surface area contributed by atoms with Gasteiger partial charge in [0.15, 0.2) is 11.6 Å². The minimum absolute atomic E-state index is 0.687. The van der Waals surface area contributed by atoms with Gasteiger partial charge in [0.2, 0.25) is 0 Å². The van der Waals surface area contributed by atoms with E-state index in [4.69, 9.17) is 0 Å². The monoisotopic (exact) mass is 321 g/mol. The molecule has 0 fully saturated rings. The van der Waals surface area contributed by atoms with Crippen LogP contribution in [0.5, 0.6) is 0 Å². The van der Waals surface area contributed by atoms with Crippen LogP contribution in [0.2, 0.25) is 0 Å². The second kappa shape index (κ2) is 7.14. The lowest BCUT2D eigenvalue weighted by atomic mass is 10.1. The zero-order valence-electron chi connectivity index (χ0n) is 13.4. The summed E-state index contributed by atoms with van der Waals surface area (Å²) in [6.07, 6.45) is 4.45. The molecule has 0 saturated heterocycles. The van der Waals surface area contributed by atoms with Gasteiger partial charge in [0.1, 0.15) is 0 Å². The molecule has 0 aliphatic heterocycles. The minimum atomic E-state index is -0.856. The molecule has 3 heteroatoms. The van der Waals surface area contributed by atoms with Crippen LogP contribution in [0.4, 0.5) is 8.78 Å². The highest BCUT2D eigenvalue weighted by Crippen LogP contribution is 2.14. The van der Waals surface area contributed by atoms with E-state index in [9.17, 15) is 8.78 Å². The Hall–Kier alpha value is -2.86. The van der Waals surface area contributed by atoms with Crippen molar-refractivity contribution in [1.29, 1.82) is 0 Å². The molecule has 0 bridgehead atoms. The number of hydrogen-bond donors (Lipinski definition) is 0. The lowest BCUT2D eigenvalue weighted by molar-refractivity contribution is 0.516. The van der Waals surface area contributed by atoms with Gasteiger partial charge in [0.05, 0.1) is 0 Å². The lowest BCUT2D eigenvalue weighted by Gasteiger charge is -2.01. The molecule has 3 aromatic rings. The fourth-order valence-corrected chi connectivity index (χ4v) is 2.46. The summed E-state index contributed by atoms with van der Waals surface area (Å²) < 4.78 is 27.6. The molecule has 1 nitrogen and oxygen atoms in total. The molecule has 1 heterocycles. The van der Waals surface area contributed by atoms with Gasteiger partial charge in [0.25, 0.3) is 0 Å². The van der Waals surface area contributed by atoms with Crippen molar-refractivity contribution in [2.45, 2.75) is 19.8 Å². The summed E-state index contributed by atoms with van der Waals surface area (Å²) >= 11 is 0. The van der Waals surface area contributed by atoms with Crippen molar-refractivity contribution in [1.82, 2.24) is 4.57 Å². The first-order chi connectivity index (χ1) is 11.7. The maximum atomic E-state index is 13.1. The third kappa shape index (κ3) is 3.72. The highest BCUT2D eigenvalue weighted by atomic mass is 19.2. The van der Waals surface area contributed by atoms with Gasteiger partial charge in [-0.15, -0.1) is 0 Å². The van der Waals surface area contributed by atoms with Gasteiger partial charge in [-0.1, -0.05) is 37.3 Å². The first kappa shape index (κ1) is 16.0. The highest BCUT2D eigenvalue weighted by molar-refractivity contribution is 5.46. The van der Waals surface area contributed by atoms with Gasteiger partial charge in [-0.3, -0.25) is 0 Å². The molecule has 0 aliphatic carbocycles. The fraction of sp³-hybridized carbons (Fsp3) is 0.143. The zero-order valence-corrected chi connectivity index (χ0v) is 13.4. The van der Waals surface area contributed by atoms with Gasteiger partial charge in [-0.25, -0.2) is 8.78 Å². The average molecular weight is 321 g/mol. The van der Waals surface area contributed by atoms with E-state index in [0.717, 1.165) is 36.4 Å². The summed E-state index contributed by atoms with van der Waals surface area (Å²) in [6.45, 7) is 2.16. The number of halogens is 2. The Morgan fingerprint density at radius 2 is 1.29 bits per heavy atom. The van der Waals surface area contributed by atoms with Crippen LogP contribution in [0.3, 0.4) is 0 Å². The van der Waals surface area contributed by atoms with Gasteiger partial charge in [-0.05, 0) is 48.4 Å². The first-order valence-electron chi connectivity index (χ1n) is 7.90. The Morgan fingerprint density at radius 3 is 1.79 bits per heavy atom. The zero-order chi connectivity index (χ0) is 16.9. The van der Waals surface area contributed by atoms with Crippen LogP contribution in [0.25, 0.3) is 5.69 Å². The lowest BCUT2D eigenvalue weighted by Crippen LogP contribution is -1.89. The molecule has 0 aliphatic rings. The molecule has 0 amide bonds. The maximum absolute atomic E-state index is 13.1. The van der Waals surface area contributed by atoms with Crippen LogP contribution in [0.1, 0.15) is 30.0 Å². The minimum Gasteiger partial charge on any atom is -0.318 e. The second-order valence-corrected chi connectivity index (χ2v) is 5.61. The molecule has 120 valence electrons.